The Morgan fingerprint density at radius 3 is 3.10 bits per heavy atom. The molecule has 0 saturated carbocycles. The number of benzene rings is 1. The molecule has 0 spiro atoms. The van der Waals surface area contributed by atoms with Crippen molar-refractivity contribution in [1.29, 1.82) is 0 Å². The Labute approximate surface area is 124 Å². The molecular weight excluding hydrogens is 296 g/mol. The number of anilines is 1. The van der Waals surface area contributed by atoms with Crippen molar-refractivity contribution in [2.75, 3.05) is 5.32 Å². The van der Waals surface area contributed by atoms with Crippen LogP contribution in [0.1, 0.15) is 12.2 Å². The van der Waals surface area contributed by atoms with Crippen LogP contribution >= 0.6 is 22.9 Å². The summed E-state index contributed by atoms with van der Waals surface area (Å²) in [7, 11) is 0. The van der Waals surface area contributed by atoms with Gasteiger partial charge in [0.2, 0.25) is 5.91 Å². The van der Waals surface area contributed by atoms with Gasteiger partial charge in [-0.05, 0) is 30.3 Å². The smallest absolute Gasteiger partial charge is 0.226 e. The number of aromatic nitrogens is 1. The maximum atomic E-state index is 11.8. The Morgan fingerprint density at radius 1 is 1.40 bits per heavy atom. The first-order valence-corrected chi connectivity index (χ1v) is 7.28. The molecule has 0 atom stereocenters. The van der Waals surface area contributed by atoms with Crippen molar-refractivity contribution in [1.82, 2.24) is 4.98 Å². The first-order valence-electron chi connectivity index (χ1n) is 6.09. The Hall–Kier alpha value is -1.85. The van der Waals surface area contributed by atoms with Gasteiger partial charge in [0.05, 0.1) is 16.5 Å². The van der Waals surface area contributed by atoms with Gasteiger partial charge >= 0.3 is 0 Å². The summed E-state index contributed by atoms with van der Waals surface area (Å²) in [6.45, 7) is 0. The Bertz CT molecular complexity index is 737. The van der Waals surface area contributed by atoms with Gasteiger partial charge in [0.25, 0.3) is 0 Å². The normalized spacial score (nSPS) is 10.8. The van der Waals surface area contributed by atoms with E-state index < -0.39 is 0 Å². The quantitative estimate of drug-likeness (QED) is 0.789. The van der Waals surface area contributed by atoms with Crippen LogP contribution in [0.2, 0.25) is 5.02 Å². The fourth-order valence-electron chi connectivity index (χ4n) is 1.83. The van der Waals surface area contributed by atoms with Crippen LogP contribution in [-0.2, 0) is 11.2 Å². The molecule has 0 aliphatic heterocycles. The highest BCUT2D eigenvalue weighted by molar-refractivity contribution is 7.22. The van der Waals surface area contributed by atoms with Crippen LogP contribution in [0.3, 0.4) is 0 Å². The molecule has 0 bridgehead atoms. The number of fused-ring (bicyclic) bond motifs is 1. The minimum atomic E-state index is -0.0773. The number of nitrogens with one attached hydrogen (secondary N) is 1. The minimum absolute atomic E-state index is 0.0773. The predicted molar refractivity (Wildman–Crippen MR) is 80.3 cm³/mol. The van der Waals surface area contributed by atoms with Crippen LogP contribution in [-0.4, -0.2) is 10.9 Å². The number of aryl methyl sites for hydroxylation is 1. The van der Waals surface area contributed by atoms with E-state index in [1.165, 1.54) is 11.3 Å². The van der Waals surface area contributed by atoms with Gasteiger partial charge in [-0.15, -0.1) is 0 Å². The minimum Gasteiger partial charge on any atom is -0.469 e. The van der Waals surface area contributed by atoms with Gasteiger partial charge in [-0.1, -0.05) is 22.9 Å². The molecule has 1 amide bonds. The number of carbonyl (C=O) groups is 1. The maximum Gasteiger partial charge on any atom is 0.226 e. The van der Waals surface area contributed by atoms with E-state index in [-0.39, 0.29) is 5.91 Å². The van der Waals surface area contributed by atoms with Crippen molar-refractivity contribution in [3.63, 3.8) is 0 Å². The first-order chi connectivity index (χ1) is 9.70. The second-order valence-electron chi connectivity index (χ2n) is 4.26. The highest BCUT2D eigenvalue weighted by Gasteiger charge is 2.09. The Balaban J connectivity index is 1.65. The highest BCUT2D eigenvalue weighted by Crippen LogP contribution is 2.28. The molecule has 3 aromatic rings. The monoisotopic (exact) mass is 306 g/mol. The van der Waals surface area contributed by atoms with Gasteiger partial charge in [-0.25, -0.2) is 4.98 Å². The lowest BCUT2D eigenvalue weighted by Gasteiger charge is -1.99. The number of thiazole rings is 1. The lowest BCUT2D eigenvalue weighted by Crippen LogP contribution is -2.11. The zero-order valence-corrected chi connectivity index (χ0v) is 12.0. The van der Waals surface area contributed by atoms with E-state index in [1.54, 1.807) is 12.3 Å². The van der Waals surface area contributed by atoms with Gasteiger partial charge in [0.15, 0.2) is 5.13 Å². The molecule has 0 radical (unpaired) electrons. The lowest BCUT2D eigenvalue weighted by molar-refractivity contribution is -0.116. The van der Waals surface area contributed by atoms with E-state index >= 15 is 0 Å². The number of furan rings is 1. The molecule has 0 saturated heterocycles. The van der Waals surface area contributed by atoms with Crippen molar-refractivity contribution in [3.8, 4) is 0 Å². The van der Waals surface area contributed by atoms with E-state index in [9.17, 15) is 4.79 Å². The van der Waals surface area contributed by atoms with Crippen molar-refractivity contribution in [3.05, 3.63) is 47.4 Å². The van der Waals surface area contributed by atoms with E-state index in [0.717, 1.165) is 16.0 Å². The summed E-state index contributed by atoms with van der Waals surface area (Å²) >= 11 is 7.33. The van der Waals surface area contributed by atoms with E-state index in [2.05, 4.69) is 10.3 Å². The summed E-state index contributed by atoms with van der Waals surface area (Å²) in [4.78, 5) is 16.2. The number of carbonyl (C=O) groups excluding carboxylic acids is 1. The van der Waals surface area contributed by atoms with E-state index in [4.69, 9.17) is 16.0 Å². The second-order valence-corrected chi connectivity index (χ2v) is 5.73. The number of rotatable bonds is 4. The first kappa shape index (κ1) is 13.1. The summed E-state index contributed by atoms with van der Waals surface area (Å²) < 4.78 is 6.14. The standard InChI is InChI=1S/C14H11ClN2O2S/c15-9-3-5-11-12(8-9)20-14(16-11)17-13(18)6-4-10-2-1-7-19-10/h1-3,5,7-8H,4,6H2,(H,16,17,18). The zero-order valence-electron chi connectivity index (χ0n) is 10.4. The average Bonchev–Trinajstić information content (AvgIpc) is 3.04. The molecule has 0 unspecified atom stereocenters. The lowest BCUT2D eigenvalue weighted by atomic mass is 10.2. The van der Waals surface area contributed by atoms with Crippen molar-refractivity contribution in [2.24, 2.45) is 0 Å². The Kier molecular flexibility index (Phi) is 3.71. The van der Waals surface area contributed by atoms with Crippen LogP contribution < -0.4 is 5.32 Å². The number of hydrogen-bond acceptors (Lipinski definition) is 4. The molecule has 1 aromatic carbocycles. The number of halogens is 1. The van der Waals surface area contributed by atoms with Crippen molar-refractivity contribution in [2.45, 2.75) is 12.8 Å². The molecule has 2 heterocycles. The average molecular weight is 307 g/mol. The SMILES string of the molecule is O=C(CCc1ccco1)Nc1nc2ccc(Cl)cc2s1. The number of amides is 1. The molecule has 102 valence electrons. The van der Waals surface area contributed by atoms with Gasteiger partial charge in [-0.2, -0.15) is 0 Å². The van der Waals surface area contributed by atoms with Gasteiger partial charge in [0.1, 0.15) is 5.76 Å². The molecule has 2 aromatic heterocycles. The predicted octanol–water partition coefficient (Wildman–Crippen LogP) is 4.11. The third-order valence-corrected chi connectivity index (χ3v) is 3.94. The summed E-state index contributed by atoms with van der Waals surface area (Å²) in [5.41, 5.74) is 0.834. The molecule has 4 nitrogen and oxygen atoms in total. The summed E-state index contributed by atoms with van der Waals surface area (Å²) in [5.74, 6) is 0.725. The van der Waals surface area contributed by atoms with Crippen LogP contribution in [0.5, 0.6) is 0 Å². The molecule has 6 heteroatoms. The number of hydrogen-bond donors (Lipinski definition) is 1. The molecule has 0 fully saturated rings. The van der Waals surface area contributed by atoms with Crippen LogP contribution in [0, 0.1) is 0 Å². The third kappa shape index (κ3) is 3.00. The molecule has 1 N–H and O–H groups in total. The van der Waals surface area contributed by atoms with Crippen LogP contribution in [0.15, 0.2) is 41.0 Å². The van der Waals surface area contributed by atoms with Gasteiger partial charge in [0, 0.05) is 17.9 Å². The topological polar surface area (TPSA) is 55.1 Å². The van der Waals surface area contributed by atoms with Crippen LogP contribution in [0.25, 0.3) is 10.2 Å². The molecule has 20 heavy (non-hydrogen) atoms. The third-order valence-electron chi connectivity index (χ3n) is 2.78. The summed E-state index contributed by atoms with van der Waals surface area (Å²) in [6.07, 6.45) is 2.55. The molecule has 3 rings (SSSR count). The second kappa shape index (κ2) is 5.64. The van der Waals surface area contributed by atoms with E-state index in [0.29, 0.717) is 23.0 Å². The molecule has 0 aliphatic rings. The Morgan fingerprint density at radius 2 is 2.30 bits per heavy atom. The molecule has 0 aliphatic carbocycles. The van der Waals surface area contributed by atoms with Crippen LogP contribution in [0.4, 0.5) is 5.13 Å². The summed E-state index contributed by atoms with van der Waals surface area (Å²) in [5, 5.41) is 4.05. The fourth-order valence-corrected chi connectivity index (χ4v) is 2.98. The van der Waals surface area contributed by atoms with Crippen molar-refractivity contribution < 1.29 is 9.21 Å². The van der Waals surface area contributed by atoms with E-state index in [1.807, 2.05) is 24.3 Å². The molecular formula is C14H11ClN2O2S. The highest BCUT2D eigenvalue weighted by atomic mass is 35.5. The van der Waals surface area contributed by atoms with Crippen molar-refractivity contribution >= 4 is 44.2 Å². The fraction of sp³-hybridized carbons (Fsp3) is 0.143. The maximum absolute atomic E-state index is 11.8. The zero-order chi connectivity index (χ0) is 13.9. The largest absolute Gasteiger partial charge is 0.469 e. The summed E-state index contributed by atoms with van der Waals surface area (Å²) in [6, 6.07) is 9.13. The van der Waals surface area contributed by atoms with Gasteiger partial charge in [-0.3, -0.25) is 4.79 Å². The van der Waals surface area contributed by atoms with Gasteiger partial charge < -0.3 is 9.73 Å². The number of nitrogens with zero attached hydrogens (tertiary/aromatic N) is 1.